The molecule has 142 valence electrons. The Labute approximate surface area is 170 Å². The third-order valence-electron chi connectivity index (χ3n) is 4.72. The van der Waals surface area contributed by atoms with Crippen molar-refractivity contribution >= 4 is 29.7 Å². The van der Waals surface area contributed by atoms with Crippen LogP contribution in [-0.2, 0) is 6.54 Å². The fraction of sp³-hybridized carbons (Fsp3) is 0.300. The second-order valence-electron chi connectivity index (χ2n) is 6.29. The van der Waals surface area contributed by atoms with Crippen LogP contribution < -0.4 is 9.64 Å². The van der Waals surface area contributed by atoms with Crippen molar-refractivity contribution in [3.8, 4) is 16.2 Å². The molecule has 0 amide bonds. The van der Waals surface area contributed by atoms with Crippen molar-refractivity contribution in [1.29, 1.82) is 0 Å². The smallest absolute Gasteiger partial charge is 0.225 e. The summed E-state index contributed by atoms with van der Waals surface area (Å²) in [5, 5.41) is 3.06. The zero-order valence-electron chi connectivity index (χ0n) is 15.2. The Morgan fingerprint density at radius 1 is 0.963 bits per heavy atom. The van der Waals surface area contributed by atoms with Gasteiger partial charge in [-0.05, 0) is 28.6 Å². The van der Waals surface area contributed by atoms with Gasteiger partial charge in [0.2, 0.25) is 5.95 Å². The average molecular weight is 403 g/mol. The van der Waals surface area contributed by atoms with Crippen molar-refractivity contribution in [2.75, 3.05) is 38.2 Å². The zero-order chi connectivity index (χ0) is 17.8. The van der Waals surface area contributed by atoms with Crippen molar-refractivity contribution in [2.45, 2.75) is 6.54 Å². The van der Waals surface area contributed by atoms with Crippen LogP contribution in [0.1, 0.15) is 5.56 Å². The Morgan fingerprint density at radius 3 is 2.44 bits per heavy atom. The Bertz CT molecular complexity index is 850. The van der Waals surface area contributed by atoms with Crippen molar-refractivity contribution < 1.29 is 4.74 Å². The van der Waals surface area contributed by atoms with Crippen LogP contribution in [0.5, 0.6) is 5.06 Å². The molecule has 1 saturated heterocycles. The van der Waals surface area contributed by atoms with E-state index in [-0.39, 0.29) is 12.4 Å². The highest BCUT2D eigenvalue weighted by Gasteiger charge is 2.20. The number of anilines is 1. The molecule has 4 rings (SSSR count). The van der Waals surface area contributed by atoms with Gasteiger partial charge >= 0.3 is 0 Å². The van der Waals surface area contributed by atoms with Crippen LogP contribution in [0.15, 0.2) is 54.2 Å². The molecule has 3 aromatic rings. The van der Waals surface area contributed by atoms with E-state index in [9.17, 15) is 0 Å². The molecule has 0 N–H and O–H groups in total. The molecule has 0 aliphatic carbocycles. The van der Waals surface area contributed by atoms with E-state index < -0.39 is 0 Å². The number of thiophene rings is 1. The monoisotopic (exact) mass is 402 g/mol. The minimum absolute atomic E-state index is 0. The second kappa shape index (κ2) is 9.17. The Morgan fingerprint density at radius 2 is 1.70 bits per heavy atom. The fourth-order valence-corrected chi connectivity index (χ4v) is 4.10. The van der Waals surface area contributed by atoms with E-state index in [1.54, 1.807) is 30.8 Å². The number of nitrogens with zero attached hydrogens (tertiary/aromatic N) is 4. The summed E-state index contributed by atoms with van der Waals surface area (Å²) in [4.78, 5) is 13.5. The number of methoxy groups -OCH3 is 1. The summed E-state index contributed by atoms with van der Waals surface area (Å²) < 4.78 is 5.53. The average Bonchev–Trinajstić information content (AvgIpc) is 3.18. The molecule has 0 atom stereocenters. The number of benzene rings is 1. The minimum atomic E-state index is 0. The summed E-state index contributed by atoms with van der Waals surface area (Å²) in [6, 6.07) is 12.6. The van der Waals surface area contributed by atoms with Gasteiger partial charge in [-0.15, -0.1) is 23.7 Å². The molecule has 5 nitrogen and oxygen atoms in total. The molecule has 0 spiro atoms. The van der Waals surface area contributed by atoms with E-state index in [1.165, 1.54) is 16.7 Å². The van der Waals surface area contributed by atoms with Crippen LogP contribution in [0, 0.1) is 0 Å². The van der Waals surface area contributed by atoms with Crippen LogP contribution in [0.3, 0.4) is 0 Å². The lowest BCUT2D eigenvalue weighted by molar-refractivity contribution is 0.249. The lowest BCUT2D eigenvalue weighted by atomic mass is 10.0. The number of hydrogen-bond donors (Lipinski definition) is 0. The summed E-state index contributed by atoms with van der Waals surface area (Å²) in [6.07, 6.45) is 3.61. The Balaban J connectivity index is 0.00000210. The molecule has 7 heteroatoms. The van der Waals surface area contributed by atoms with Gasteiger partial charge in [0.25, 0.3) is 0 Å². The predicted molar refractivity (Wildman–Crippen MR) is 113 cm³/mol. The molecular weight excluding hydrogens is 380 g/mol. The van der Waals surface area contributed by atoms with Gasteiger partial charge < -0.3 is 9.64 Å². The highest BCUT2D eigenvalue weighted by atomic mass is 35.5. The molecule has 2 aromatic heterocycles. The highest BCUT2D eigenvalue weighted by Crippen LogP contribution is 2.37. The maximum Gasteiger partial charge on any atom is 0.225 e. The number of piperazine rings is 1. The third-order valence-corrected chi connectivity index (χ3v) is 5.60. The maximum atomic E-state index is 5.53. The van der Waals surface area contributed by atoms with Gasteiger partial charge in [-0.25, -0.2) is 9.97 Å². The first kappa shape index (κ1) is 19.6. The molecule has 0 unspecified atom stereocenters. The van der Waals surface area contributed by atoms with E-state index >= 15 is 0 Å². The van der Waals surface area contributed by atoms with Crippen LogP contribution >= 0.6 is 23.7 Å². The van der Waals surface area contributed by atoms with Gasteiger partial charge in [0, 0.05) is 50.7 Å². The Hall–Kier alpha value is -2.15. The molecule has 1 aliphatic heterocycles. The van der Waals surface area contributed by atoms with Crippen molar-refractivity contribution in [2.24, 2.45) is 0 Å². The summed E-state index contributed by atoms with van der Waals surface area (Å²) in [5.41, 5.74) is 3.79. The van der Waals surface area contributed by atoms with Crippen LogP contribution in [-0.4, -0.2) is 48.2 Å². The molecule has 0 radical (unpaired) electrons. The van der Waals surface area contributed by atoms with Gasteiger partial charge in [-0.3, -0.25) is 4.90 Å². The molecule has 0 bridgehead atoms. The lowest BCUT2D eigenvalue weighted by Gasteiger charge is -2.35. The van der Waals surface area contributed by atoms with Crippen molar-refractivity contribution in [3.63, 3.8) is 0 Å². The van der Waals surface area contributed by atoms with E-state index in [0.717, 1.165) is 43.7 Å². The summed E-state index contributed by atoms with van der Waals surface area (Å²) >= 11 is 1.64. The molecule has 0 saturated carbocycles. The second-order valence-corrected chi connectivity index (χ2v) is 7.17. The fourth-order valence-electron chi connectivity index (χ4n) is 3.38. The molecule has 3 heterocycles. The maximum absolute atomic E-state index is 5.53. The van der Waals surface area contributed by atoms with E-state index in [1.807, 2.05) is 6.07 Å². The normalized spacial score (nSPS) is 14.6. The van der Waals surface area contributed by atoms with Gasteiger partial charge in [-0.1, -0.05) is 24.3 Å². The SMILES string of the molecule is COc1sccc1-c1ccccc1CN1CCN(c2ncccn2)CC1.Cl. The quantitative estimate of drug-likeness (QED) is 0.646. The highest BCUT2D eigenvalue weighted by molar-refractivity contribution is 7.12. The summed E-state index contributed by atoms with van der Waals surface area (Å²) in [5.74, 6) is 0.829. The minimum Gasteiger partial charge on any atom is -0.487 e. The predicted octanol–water partition coefficient (Wildman–Crippen LogP) is 3.96. The van der Waals surface area contributed by atoms with Gasteiger partial charge in [0.1, 0.15) is 0 Å². The van der Waals surface area contributed by atoms with Crippen LogP contribution in [0.4, 0.5) is 5.95 Å². The number of halogens is 1. The first-order valence-electron chi connectivity index (χ1n) is 8.79. The standard InChI is InChI=1S/C20H22N4OS.ClH/c1-25-19-18(7-14-26-19)17-6-3-2-5-16(17)15-23-10-12-24(13-11-23)20-21-8-4-9-22-20;/h2-9,14H,10-13,15H2,1H3;1H. The molecule has 1 aliphatic rings. The largest absolute Gasteiger partial charge is 0.487 e. The summed E-state index contributed by atoms with van der Waals surface area (Å²) in [7, 11) is 1.74. The third kappa shape index (κ3) is 4.40. The van der Waals surface area contributed by atoms with Crippen LogP contribution in [0.25, 0.3) is 11.1 Å². The van der Waals surface area contributed by atoms with Crippen LogP contribution in [0.2, 0.25) is 0 Å². The van der Waals surface area contributed by atoms with E-state index in [2.05, 4.69) is 55.5 Å². The number of aromatic nitrogens is 2. The van der Waals surface area contributed by atoms with E-state index in [4.69, 9.17) is 4.74 Å². The Kier molecular flexibility index (Phi) is 6.66. The topological polar surface area (TPSA) is 41.5 Å². The molecule has 1 aromatic carbocycles. The zero-order valence-corrected chi connectivity index (χ0v) is 16.9. The summed E-state index contributed by atoms with van der Waals surface area (Å²) in [6.45, 7) is 4.86. The van der Waals surface area contributed by atoms with Crippen molar-refractivity contribution in [1.82, 2.24) is 14.9 Å². The molecular formula is C20H23ClN4OS. The number of hydrogen-bond acceptors (Lipinski definition) is 6. The molecule has 27 heavy (non-hydrogen) atoms. The number of ether oxygens (including phenoxy) is 1. The first-order chi connectivity index (χ1) is 12.8. The first-order valence-corrected chi connectivity index (χ1v) is 9.67. The van der Waals surface area contributed by atoms with Crippen molar-refractivity contribution in [3.05, 3.63) is 59.7 Å². The van der Waals surface area contributed by atoms with E-state index in [0.29, 0.717) is 0 Å². The van der Waals surface area contributed by atoms with Gasteiger partial charge in [-0.2, -0.15) is 0 Å². The lowest BCUT2D eigenvalue weighted by Crippen LogP contribution is -2.46. The van der Waals surface area contributed by atoms with Gasteiger partial charge in [0.05, 0.1) is 7.11 Å². The molecule has 1 fully saturated rings. The van der Waals surface area contributed by atoms with Gasteiger partial charge in [0.15, 0.2) is 5.06 Å². The number of rotatable bonds is 5.